The van der Waals surface area contributed by atoms with E-state index in [2.05, 4.69) is 15.2 Å². The number of anilines is 1. The number of piperidine rings is 1. The van der Waals surface area contributed by atoms with Crippen LogP contribution < -0.4 is 10.1 Å². The van der Waals surface area contributed by atoms with E-state index in [1.165, 1.54) is 6.20 Å². The van der Waals surface area contributed by atoms with Crippen molar-refractivity contribution in [2.24, 2.45) is 0 Å². The van der Waals surface area contributed by atoms with Crippen molar-refractivity contribution >= 4 is 17.6 Å². The molecule has 1 N–H and O–H groups in total. The van der Waals surface area contributed by atoms with Crippen LogP contribution in [0.25, 0.3) is 0 Å². The monoisotopic (exact) mass is 421 g/mol. The van der Waals surface area contributed by atoms with E-state index in [0.717, 1.165) is 19.5 Å². The van der Waals surface area contributed by atoms with Crippen molar-refractivity contribution < 1.29 is 19.2 Å². The summed E-state index contributed by atoms with van der Waals surface area (Å²) in [7, 11) is 2.04. The molecule has 0 radical (unpaired) electrons. The van der Waals surface area contributed by atoms with Gasteiger partial charge >= 0.3 is 11.9 Å². The van der Waals surface area contributed by atoms with Crippen LogP contribution in [0, 0.1) is 10.1 Å². The van der Waals surface area contributed by atoms with Crippen LogP contribution >= 0.6 is 0 Å². The summed E-state index contributed by atoms with van der Waals surface area (Å²) in [6.07, 6.45) is 3.38. The SMILES string of the molecule is CN1CCC(Oc2cnc([N+](=O)[O-])c(NC3CCN(C(=O)OC(C)(C)C)CC3)c2)C1. The van der Waals surface area contributed by atoms with Gasteiger partial charge in [-0.1, -0.05) is 0 Å². The lowest BCUT2D eigenvalue weighted by Crippen LogP contribution is -2.44. The Labute approximate surface area is 176 Å². The molecule has 3 heterocycles. The molecule has 0 aromatic carbocycles. The Bertz CT molecular complexity index is 773. The molecule has 10 nitrogen and oxygen atoms in total. The number of nitrogens with one attached hydrogen (secondary N) is 1. The van der Waals surface area contributed by atoms with Gasteiger partial charge in [0.25, 0.3) is 0 Å². The molecule has 1 atom stereocenters. The van der Waals surface area contributed by atoms with Gasteiger partial charge in [-0.15, -0.1) is 0 Å². The predicted molar refractivity (Wildman–Crippen MR) is 112 cm³/mol. The summed E-state index contributed by atoms with van der Waals surface area (Å²) in [6.45, 7) is 8.35. The molecule has 3 rings (SSSR count). The van der Waals surface area contributed by atoms with Gasteiger partial charge in [-0.05, 0) is 57.0 Å². The van der Waals surface area contributed by atoms with Crippen LogP contribution in [0.3, 0.4) is 0 Å². The fraction of sp³-hybridized carbons (Fsp3) is 0.700. The smallest absolute Gasteiger partial charge is 0.410 e. The van der Waals surface area contributed by atoms with E-state index < -0.39 is 10.5 Å². The van der Waals surface area contributed by atoms with Crippen LogP contribution in [0.4, 0.5) is 16.3 Å². The molecule has 0 spiro atoms. The standard InChI is InChI=1S/C20H31N5O5/c1-20(2,3)30-19(26)24-9-5-14(6-10-24)22-17-11-16(12-21-18(17)25(27)28)29-15-7-8-23(4)13-15/h11-12,14-15,22H,5-10,13H2,1-4H3. The third-order valence-electron chi connectivity index (χ3n) is 5.17. The highest BCUT2D eigenvalue weighted by Crippen LogP contribution is 2.30. The maximum atomic E-state index is 12.2. The average molecular weight is 421 g/mol. The first kappa shape index (κ1) is 22.1. The molecule has 0 saturated carbocycles. The van der Waals surface area contributed by atoms with Gasteiger partial charge in [0, 0.05) is 38.3 Å². The molecule has 30 heavy (non-hydrogen) atoms. The molecule has 1 unspecified atom stereocenters. The molecular formula is C20H31N5O5. The zero-order valence-corrected chi connectivity index (χ0v) is 18.1. The summed E-state index contributed by atoms with van der Waals surface area (Å²) in [5.74, 6) is 0.301. The van der Waals surface area contributed by atoms with Crippen LogP contribution in [-0.4, -0.2) is 76.8 Å². The van der Waals surface area contributed by atoms with E-state index in [4.69, 9.17) is 9.47 Å². The second-order valence-corrected chi connectivity index (χ2v) is 8.98. The molecule has 2 aliphatic heterocycles. The van der Waals surface area contributed by atoms with Crippen molar-refractivity contribution in [1.29, 1.82) is 0 Å². The lowest BCUT2D eigenvalue weighted by molar-refractivity contribution is -0.388. The number of aromatic nitrogens is 1. The number of hydrogen-bond donors (Lipinski definition) is 1. The maximum Gasteiger partial charge on any atom is 0.410 e. The molecule has 166 valence electrons. The Kier molecular flexibility index (Phi) is 6.64. The Morgan fingerprint density at radius 3 is 2.53 bits per heavy atom. The number of hydrogen-bond acceptors (Lipinski definition) is 8. The van der Waals surface area contributed by atoms with Gasteiger partial charge in [0.05, 0.1) is 0 Å². The first-order chi connectivity index (χ1) is 14.1. The van der Waals surface area contributed by atoms with Gasteiger partial charge in [0.15, 0.2) is 11.9 Å². The lowest BCUT2D eigenvalue weighted by Gasteiger charge is -2.34. The van der Waals surface area contributed by atoms with Gasteiger partial charge in [-0.25, -0.2) is 4.79 Å². The van der Waals surface area contributed by atoms with Crippen LogP contribution in [0.1, 0.15) is 40.0 Å². The Morgan fingerprint density at radius 1 is 1.27 bits per heavy atom. The minimum atomic E-state index is -0.535. The number of amides is 1. The largest absolute Gasteiger partial charge is 0.485 e. The molecule has 1 amide bonds. The second-order valence-electron chi connectivity index (χ2n) is 8.98. The molecule has 1 aromatic heterocycles. The molecule has 0 bridgehead atoms. The van der Waals surface area contributed by atoms with Crippen molar-refractivity contribution in [3.8, 4) is 5.75 Å². The van der Waals surface area contributed by atoms with Crippen LogP contribution in [-0.2, 0) is 4.74 Å². The summed E-state index contributed by atoms with van der Waals surface area (Å²) in [5, 5.41) is 14.7. The number of ether oxygens (including phenoxy) is 2. The molecule has 2 aliphatic rings. The fourth-order valence-electron chi connectivity index (χ4n) is 3.69. The molecule has 10 heteroatoms. The number of rotatable bonds is 5. The first-order valence-electron chi connectivity index (χ1n) is 10.3. The Balaban J connectivity index is 1.62. The van der Waals surface area contributed by atoms with Crippen LogP contribution in [0.15, 0.2) is 12.3 Å². The minimum absolute atomic E-state index is 0.00273. The number of likely N-dealkylation sites (tertiary alicyclic amines) is 2. The van der Waals surface area contributed by atoms with Gasteiger partial charge in [-0.2, -0.15) is 0 Å². The highest BCUT2D eigenvalue weighted by Gasteiger charge is 2.29. The van der Waals surface area contributed by atoms with E-state index in [1.54, 1.807) is 11.0 Å². The fourth-order valence-corrected chi connectivity index (χ4v) is 3.69. The first-order valence-corrected chi connectivity index (χ1v) is 10.3. The molecule has 0 aliphatic carbocycles. The quantitative estimate of drug-likeness (QED) is 0.571. The van der Waals surface area contributed by atoms with E-state index in [1.807, 2.05) is 27.8 Å². The maximum absolute atomic E-state index is 12.2. The summed E-state index contributed by atoms with van der Waals surface area (Å²) in [4.78, 5) is 31.0. The third kappa shape index (κ3) is 5.94. The number of pyridine rings is 1. The van der Waals surface area contributed by atoms with Crippen LogP contribution in [0.2, 0.25) is 0 Å². The van der Waals surface area contributed by atoms with E-state index >= 15 is 0 Å². The molecule has 2 fully saturated rings. The van der Waals surface area contributed by atoms with Crippen LogP contribution in [0.5, 0.6) is 5.75 Å². The Morgan fingerprint density at radius 2 is 1.97 bits per heavy atom. The summed E-state index contributed by atoms with van der Waals surface area (Å²) < 4.78 is 11.4. The summed E-state index contributed by atoms with van der Waals surface area (Å²) in [6, 6.07) is 1.65. The summed E-state index contributed by atoms with van der Waals surface area (Å²) >= 11 is 0. The van der Waals surface area contributed by atoms with Gasteiger partial charge in [-0.3, -0.25) is 0 Å². The molecule has 2 saturated heterocycles. The van der Waals surface area contributed by atoms with Gasteiger partial charge in [0.2, 0.25) is 0 Å². The average Bonchev–Trinajstić information content (AvgIpc) is 3.05. The molecular weight excluding hydrogens is 390 g/mol. The van der Waals surface area contributed by atoms with Crippen molar-refractivity contribution in [2.75, 3.05) is 38.5 Å². The van der Waals surface area contributed by atoms with E-state index in [0.29, 0.717) is 37.4 Å². The zero-order chi connectivity index (χ0) is 21.9. The number of likely N-dealkylation sites (N-methyl/N-ethyl adjacent to an activating group) is 1. The minimum Gasteiger partial charge on any atom is -0.485 e. The second kappa shape index (κ2) is 9.03. The highest BCUT2D eigenvalue weighted by molar-refractivity contribution is 5.68. The van der Waals surface area contributed by atoms with Crippen molar-refractivity contribution in [3.63, 3.8) is 0 Å². The van der Waals surface area contributed by atoms with Gasteiger partial charge in [0.1, 0.15) is 17.4 Å². The Hall–Kier alpha value is -2.62. The zero-order valence-electron chi connectivity index (χ0n) is 18.1. The van der Waals surface area contributed by atoms with E-state index in [-0.39, 0.29) is 24.1 Å². The molecule has 1 aromatic rings. The number of nitrogens with zero attached hydrogens (tertiary/aromatic N) is 4. The highest BCUT2D eigenvalue weighted by atomic mass is 16.6. The predicted octanol–water partition coefficient (Wildman–Crippen LogP) is 2.88. The van der Waals surface area contributed by atoms with E-state index in [9.17, 15) is 14.9 Å². The number of carbonyl (C=O) groups is 1. The normalized spacial score (nSPS) is 20.8. The third-order valence-corrected chi connectivity index (χ3v) is 5.17. The van der Waals surface area contributed by atoms with Crippen molar-refractivity contribution in [2.45, 2.75) is 57.8 Å². The topological polar surface area (TPSA) is 110 Å². The van der Waals surface area contributed by atoms with Crippen molar-refractivity contribution in [3.05, 3.63) is 22.4 Å². The lowest BCUT2D eigenvalue weighted by atomic mass is 10.0. The summed E-state index contributed by atoms with van der Waals surface area (Å²) in [5.41, 5.74) is -0.188. The van der Waals surface area contributed by atoms with Crippen molar-refractivity contribution in [1.82, 2.24) is 14.8 Å². The van der Waals surface area contributed by atoms with Gasteiger partial charge < -0.3 is 34.7 Å². The number of carbonyl (C=O) groups excluding carboxylic acids is 1. The number of nitro groups is 1.